The average Bonchev–Trinajstić information content (AvgIpc) is 3.71. The van der Waals surface area contributed by atoms with Gasteiger partial charge in [0.2, 0.25) is 0 Å². The van der Waals surface area contributed by atoms with Gasteiger partial charge >= 0.3 is 17.9 Å². The molecule has 1 fully saturated rings. The molecule has 8 N–H and O–H groups in total. The maximum atomic E-state index is 13.5. The van der Waals surface area contributed by atoms with E-state index in [0.717, 1.165) is 44.6 Å². The van der Waals surface area contributed by atoms with Crippen LogP contribution in [-0.2, 0) is 25.8 Å². The van der Waals surface area contributed by atoms with Gasteiger partial charge in [0, 0.05) is 22.4 Å². The number of hydrogen-bond donors (Lipinski definition) is 8. The fourth-order valence-electron chi connectivity index (χ4n) is 5.25. The molecular formula is C28H23N9O11S3. The van der Waals surface area contributed by atoms with Crippen LogP contribution in [0.4, 0.5) is 5.13 Å². The Kier molecular flexibility index (Phi) is 9.18. The Morgan fingerprint density at radius 2 is 1.82 bits per heavy atom. The number of aromatic hydroxyl groups is 2. The number of thiol groups is 1. The molecule has 264 valence electrons. The summed E-state index contributed by atoms with van der Waals surface area (Å²) >= 11 is 6.75. The molecule has 1 unspecified atom stereocenters. The molecule has 3 aromatic heterocycles. The minimum Gasteiger partial charge on any atom is -0.504 e. The Balaban J connectivity index is 1.25. The van der Waals surface area contributed by atoms with E-state index in [0.29, 0.717) is 5.69 Å². The number of aromatic carboxylic acids is 2. The van der Waals surface area contributed by atoms with Gasteiger partial charge in [0.15, 0.2) is 22.3 Å². The Bertz CT molecular complexity index is 2230. The smallest absolute Gasteiger partial charge is 0.375 e. The lowest BCUT2D eigenvalue weighted by atomic mass is 10.00. The van der Waals surface area contributed by atoms with Crippen LogP contribution in [0, 0.1) is 6.92 Å². The number of phenols is 2. The Morgan fingerprint density at radius 3 is 2.47 bits per heavy atom. The number of nitrogens with zero attached hydrogens (tertiary/aromatic N) is 7. The highest BCUT2D eigenvalue weighted by atomic mass is 32.2. The standard InChI is InChI=1S/C28H23N9O11S3/c1-8-2-13(37-28(30-8)33-20(34-37)26(46)47)19(49)11-6-50-23-17(22(41)36(23)18(11)25(44)45)32-21(40)16(12-7-51-27(29)31-12)35-48-5-9-3-14(38)15(39)4-10(9)24(42)43/h2-4,7,17,19,23,38-39,49H,5-6H2,1H3,(H2,29,31)(H,32,40)(H,42,43)(H,44,45)(H,46,47)/t17-,19?,23-/m1/s1. The summed E-state index contributed by atoms with van der Waals surface area (Å²) in [4.78, 5) is 81.1. The number of hydrogen-bond acceptors (Lipinski definition) is 17. The lowest BCUT2D eigenvalue weighted by Crippen LogP contribution is -2.71. The number of carbonyl (C=O) groups excluding carboxylic acids is 2. The Morgan fingerprint density at radius 1 is 1.10 bits per heavy atom. The number of fused-ring (bicyclic) bond motifs is 2. The summed E-state index contributed by atoms with van der Waals surface area (Å²) in [5, 5.41) is 58.4. The molecule has 1 saturated heterocycles. The van der Waals surface area contributed by atoms with Crippen LogP contribution in [0.1, 0.15) is 48.9 Å². The quantitative estimate of drug-likeness (QED) is 0.0342. The fraction of sp³-hybridized carbons (Fsp3) is 0.214. The minimum atomic E-state index is -1.45. The van der Waals surface area contributed by atoms with Crippen molar-refractivity contribution in [2.75, 3.05) is 11.5 Å². The maximum Gasteiger partial charge on any atom is 0.375 e. The fourth-order valence-corrected chi connectivity index (χ4v) is 7.70. The molecule has 2 amide bonds. The van der Waals surface area contributed by atoms with Gasteiger partial charge in [-0.2, -0.15) is 22.1 Å². The molecule has 4 aromatic rings. The van der Waals surface area contributed by atoms with E-state index in [1.165, 1.54) is 11.4 Å². The zero-order chi connectivity index (χ0) is 36.9. The van der Waals surface area contributed by atoms with Crippen molar-refractivity contribution in [2.45, 2.75) is 30.2 Å². The number of rotatable bonds is 11. The van der Waals surface area contributed by atoms with Crippen LogP contribution in [-0.4, -0.2) is 108 Å². The number of amides is 2. The molecule has 0 spiro atoms. The van der Waals surface area contributed by atoms with E-state index in [1.807, 2.05) is 0 Å². The highest BCUT2D eigenvalue weighted by molar-refractivity contribution is 8.00. The predicted molar refractivity (Wildman–Crippen MR) is 178 cm³/mol. The van der Waals surface area contributed by atoms with Crippen LogP contribution in [0.25, 0.3) is 5.78 Å². The second-order valence-electron chi connectivity index (χ2n) is 10.8. The summed E-state index contributed by atoms with van der Waals surface area (Å²) < 4.78 is 1.14. The number of aliphatic carboxylic acids is 1. The van der Waals surface area contributed by atoms with Crippen LogP contribution in [0.15, 0.2) is 40.0 Å². The maximum absolute atomic E-state index is 13.5. The monoisotopic (exact) mass is 757 g/mol. The second-order valence-corrected chi connectivity index (χ2v) is 13.3. The minimum absolute atomic E-state index is 0.0258. The van der Waals surface area contributed by atoms with Crippen LogP contribution in [0.2, 0.25) is 0 Å². The van der Waals surface area contributed by atoms with Gasteiger partial charge < -0.3 is 41.4 Å². The first-order valence-electron chi connectivity index (χ1n) is 14.2. The SMILES string of the molecule is Cc1cc(C(S)C2=C(C(=O)O)N3C(=O)[C@@H](NC(=O)C(=NOCc4cc(O)c(O)cc4C(=O)O)c4csc(N)n4)[C@H]3SC2)n2nc(C(=O)O)nc2n1. The Labute approximate surface area is 297 Å². The van der Waals surface area contributed by atoms with Crippen molar-refractivity contribution in [3.63, 3.8) is 0 Å². The number of nitrogens with two attached hydrogens (primary N) is 1. The third kappa shape index (κ3) is 6.43. The summed E-state index contributed by atoms with van der Waals surface area (Å²) in [7, 11) is 0. The van der Waals surface area contributed by atoms with Crippen molar-refractivity contribution in [1.29, 1.82) is 0 Å². The molecule has 2 aliphatic heterocycles. The van der Waals surface area contributed by atoms with E-state index in [-0.39, 0.29) is 44.9 Å². The number of oxime groups is 1. The first-order chi connectivity index (χ1) is 24.2. The predicted octanol–water partition coefficient (Wildman–Crippen LogP) is 0.610. The van der Waals surface area contributed by atoms with Crippen molar-refractivity contribution in [3.05, 3.63) is 68.9 Å². The molecule has 3 atom stereocenters. The van der Waals surface area contributed by atoms with Crippen LogP contribution < -0.4 is 11.1 Å². The number of aromatic nitrogens is 5. The topological polar surface area (TPSA) is 305 Å². The summed E-state index contributed by atoms with van der Waals surface area (Å²) in [6, 6.07) is 2.07. The van der Waals surface area contributed by atoms with Gasteiger partial charge in [-0.05, 0) is 30.7 Å². The molecule has 6 rings (SSSR count). The Hall–Kier alpha value is -5.94. The second kappa shape index (κ2) is 13.4. The molecular weight excluding hydrogens is 735 g/mol. The largest absolute Gasteiger partial charge is 0.504 e. The van der Waals surface area contributed by atoms with Crippen molar-refractivity contribution < 1.29 is 54.3 Å². The van der Waals surface area contributed by atoms with Gasteiger partial charge in [-0.3, -0.25) is 14.5 Å². The lowest BCUT2D eigenvalue weighted by Gasteiger charge is -2.49. The average molecular weight is 758 g/mol. The van der Waals surface area contributed by atoms with Crippen LogP contribution in [0.3, 0.4) is 0 Å². The van der Waals surface area contributed by atoms with E-state index in [1.54, 1.807) is 6.92 Å². The van der Waals surface area contributed by atoms with Gasteiger partial charge in [0.05, 0.1) is 16.5 Å². The molecule has 51 heavy (non-hydrogen) atoms. The van der Waals surface area contributed by atoms with E-state index >= 15 is 0 Å². The molecule has 1 aromatic carbocycles. The van der Waals surface area contributed by atoms with Gasteiger partial charge in [-0.15, -0.1) is 28.2 Å². The molecule has 0 radical (unpaired) electrons. The zero-order valence-electron chi connectivity index (χ0n) is 25.6. The van der Waals surface area contributed by atoms with Crippen LogP contribution in [0.5, 0.6) is 11.5 Å². The first kappa shape index (κ1) is 34.9. The zero-order valence-corrected chi connectivity index (χ0v) is 28.1. The number of nitrogen functional groups attached to an aromatic ring is 1. The highest BCUT2D eigenvalue weighted by Gasteiger charge is 2.55. The summed E-state index contributed by atoms with van der Waals surface area (Å²) in [6.45, 7) is 1.05. The first-order valence-corrected chi connectivity index (χ1v) is 16.7. The number of anilines is 1. The van der Waals surface area contributed by atoms with Gasteiger partial charge in [-0.1, -0.05) is 5.16 Å². The van der Waals surface area contributed by atoms with E-state index in [9.17, 15) is 49.5 Å². The van der Waals surface area contributed by atoms with E-state index in [2.05, 4.69) is 43.2 Å². The van der Waals surface area contributed by atoms with Crippen molar-refractivity contribution in [2.24, 2.45) is 5.16 Å². The summed E-state index contributed by atoms with van der Waals surface area (Å²) in [6.07, 6.45) is 0. The van der Waals surface area contributed by atoms with Crippen LogP contribution >= 0.6 is 35.7 Å². The van der Waals surface area contributed by atoms with E-state index in [4.69, 9.17) is 10.6 Å². The number of carbonyl (C=O) groups is 5. The number of nitrogens with one attached hydrogen (secondary N) is 1. The third-order valence-corrected chi connectivity index (χ3v) is 10.1. The highest BCUT2D eigenvalue weighted by Crippen LogP contribution is 2.45. The molecule has 0 saturated carbocycles. The number of β-lactam (4-membered cyclic amide) rings is 1. The molecule has 23 heteroatoms. The molecule has 20 nitrogen and oxygen atoms in total. The van der Waals surface area contributed by atoms with Gasteiger partial charge in [0.1, 0.15) is 29.4 Å². The van der Waals surface area contributed by atoms with Crippen molar-refractivity contribution in [3.8, 4) is 11.5 Å². The number of aryl methyl sites for hydroxylation is 1. The molecule has 0 bridgehead atoms. The number of thioether (sulfide) groups is 1. The lowest BCUT2D eigenvalue weighted by molar-refractivity contribution is -0.150. The van der Waals surface area contributed by atoms with Crippen molar-refractivity contribution in [1.82, 2.24) is 34.8 Å². The van der Waals surface area contributed by atoms with Crippen molar-refractivity contribution >= 4 is 82.1 Å². The molecule has 5 heterocycles. The number of carboxylic acids is 3. The van der Waals surface area contributed by atoms with Gasteiger partial charge in [0.25, 0.3) is 23.4 Å². The number of benzene rings is 1. The summed E-state index contributed by atoms with van der Waals surface area (Å²) in [5.74, 6) is -7.87. The molecule has 2 aliphatic rings. The normalized spacial score (nSPS) is 17.9. The summed E-state index contributed by atoms with van der Waals surface area (Å²) in [5.41, 5.74) is 5.23. The number of carboxylic acid groups (broad SMARTS) is 3. The van der Waals surface area contributed by atoms with E-state index < -0.39 is 81.6 Å². The number of thiazole rings is 1. The number of phenolic OH excluding ortho intramolecular Hbond substituents is 2. The van der Waals surface area contributed by atoms with Gasteiger partial charge in [-0.25, -0.2) is 24.4 Å². The molecule has 0 aliphatic carbocycles. The third-order valence-electron chi connectivity index (χ3n) is 7.54.